The zero-order valence-corrected chi connectivity index (χ0v) is 15.9. The van der Waals surface area contributed by atoms with Gasteiger partial charge >= 0.3 is 0 Å². The molecular weight excluding hydrogens is 375 g/mol. The molecule has 1 unspecified atom stereocenters. The maximum atomic E-state index is 13.5. The van der Waals surface area contributed by atoms with Gasteiger partial charge in [-0.15, -0.1) is 0 Å². The van der Waals surface area contributed by atoms with Crippen LogP contribution >= 0.6 is 23.5 Å². The fraction of sp³-hybridized carbons (Fsp3) is 0.0455. The number of nitrogens with zero attached hydrogens (tertiary/aromatic N) is 2. The Balaban J connectivity index is 1.63. The molecule has 1 aliphatic heterocycles. The Labute approximate surface area is 165 Å². The predicted molar refractivity (Wildman–Crippen MR) is 111 cm³/mol. The maximum absolute atomic E-state index is 13.5. The molecule has 2 heterocycles. The van der Waals surface area contributed by atoms with E-state index >= 15 is 0 Å². The molecule has 2 nitrogen and oxygen atoms in total. The van der Waals surface area contributed by atoms with Gasteiger partial charge < -0.3 is 4.57 Å². The van der Waals surface area contributed by atoms with Gasteiger partial charge in [0.2, 0.25) is 0 Å². The topological polar surface area (TPSA) is 17.8 Å². The summed E-state index contributed by atoms with van der Waals surface area (Å²) in [4.78, 5) is 6.03. The fourth-order valence-corrected chi connectivity index (χ4v) is 5.49. The van der Waals surface area contributed by atoms with Crippen molar-refractivity contribution >= 4 is 34.6 Å². The van der Waals surface area contributed by atoms with Crippen LogP contribution in [0.1, 0.15) is 11.6 Å². The highest BCUT2D eigenvalue weighted by Crippen LogP contribution is 2.46. The van der Waals surface area contributed by atoms with E-state index in [1.54, 1.807) is 23.5 Å². The van der Waals surface area contributed by atoms with Gasteiger partial charge in [-0.05, 0) is 59.8 Å². The summed E-state index contributed by atoms with van der Waals surface area (Å²) in [7, 11) is 0. The summed E-state index contributed by atoms with van der Waals surface area (Å²) < 4.78 is 16.9. The zero-order valence-electron chi connectivity index (χ0n) is 14.2. The molecule has 4 aromatic rings. The van der Waals surface area contributed by atoms with Crippen molar-refractivity contribution in [1.82, 2.24) is 9.55 Å². The molecule has 0 saturated carbocycles. The third-order valence-corrected chi connectivity index (χ3v) is 6.65. The maximum Gasteiger partial charge on any atom is 0.175 e. The molecule has 0 saturated heterocycles. The summed E-state index contributed by atoms with van der Waals surface area (Å²) in [5, 5.41) is 0.964. The number of fused-ring (bicyclic) bond motifs is 3. The molecule has 0 fully saturated rings. The van der Waals surface area contributed by atoms with Crippen LogP contribution in [-0.4, -0.2) is 9.55 Å². The first-order valence-corrected chi connectivity index (χ1v) is 10.3. The van der Waals surface area contributed by atoms with Gasteiger partial charge in [-0.1, -0.05) is 54.2 Å². The van der Waals surface area contributed by atoms with E-state index in [9.17, 15) is 4.39 Å². The van der Waals surface area contributed by atoms with E-state index in [0.29, 0.717) is 0 Å². The molecule has 5 rings (SSSR count). The van der Waals surface area contributed by atoms with Gasteiger partial charge in [0.1, 0.15) is 5.82 Å². The number of aromatic nitrogens is 2. The lowest BCUT2D eigenvalue weighted by Gasteiger charge is -2.24. The number of allylic oxidation sites excluding steroid dienone is 1. The van der Waals surface area contributed by atoms with Crippen molar-refractivity contribution < 1.29 is 4.39 Å². The average Bonchev–Trinajstić information content (AvgIpc) is 3.07. The highest BCUT2D eigenvalue weighted by atomic mass is 32.2. The van der Waals surface area contributed by atoms with Crippen LogP contribution in [0.15, 0.2) is 99.2 Å². The quantitative estimate of drug-likeness (QED) is 0.397. The van der Waals surface area contributed by atoms with E-state index < -0.39 is 0 Å². The third-order valence-electron chi connectivity index (χ3n) is 4.50. The predicted octanol–water partition coefficient (Wildman–Crippen LogP) is 6.50. The van der Waals surface area contributed by atoms with Gasteiger partial charge in [-0.25, -0.2) is 9.37 Å². The van der Waals surface area contributed by atoms with Gasteiger partial charge in [0.05, 0.1) is 21.3 Å². The Morgan fingerprint density at radius 3 is 2.44 bits per heavy atom. The minimum absolute atomic E-state index is 0.0135. The molecule has 3 aromatic carbocycles. The Kier molecular flexibility index (Phi) is 4.26. The standard InChI is InChI=1S/C22H15FN2S2/c23-16-12-10-15(11-13-16)20-14-21(26-17-6-2-1-3-7-17)27-22-24-18-8-4-5-9-19(18)25(20)22/h1-14,20H. The Bertz CT molecular complexity index is 1130. The number of hydrogen-bond donors (Lipinski definition) is 0. The summed E-state index contributed by atoms with van der Waals surface area (Å²) in [6, 6.07) is 25.2. The number of para-hydroxylation sites is 2. The number of benzene rings is 3. The Hall–Kier alpha value is -2.50. The van der Waals surface area contributed by atoms with Gasteiger partial charge in [0.15, 0.2) is 5.16 Å². The van der Waals surface area contributed by atoms with E-state index in [4.69, 9.17) is 4.98 Å². The first-order chi connectivity index (χ1) is 13.3. The average molecular weight is 391 g/mol. The van der Waals surface area contributed by atoms with E-state index in [-0.39, 0.29) is 11.9 Å². The molecule has 5 heteroatoms. The minimum Gasteiger partial charge on any atom is -0.307 e. The van der Waals surface area contributed by atoms with Crippen molar-refractivity contribution in [2.75, 3.05) is 0 Å². The van der Waals surface area contributed by atoms with Crippen molar-refractivity contribution in [3.8, 4) is 0 Å². The van der Waals surface area contributed by atoms with Crippen LogP contribution in [0.25, 0.3) is 11.0 Å². The van der Waals surface area contributed by atoms with Crippen molar-refractivity contribution in [1.29, 1.82) is 0 Å². The van der Waals surface area contributed by atoms with Crippen molar-refractivity contribution in [3.63, 3.8) is 0 Å². The summed E-state index contributed by atoms with van der Waals surface area (Å²) in [5.74, 6) is -0.220. The zero-order chi connectivity index (χ0) is 18.2. The number of halogens is 1. The molecule has 0 spiro atoms. The molecule has 0 N–H and O–H groups in total. The number of rotatable bonds is 3. The molecule has 0 aliphatic carbocycles. The smallest absolute Gasteiger partial charge is 0.175 e. The third kappa shape index (κ3) is 3.17. The lowest BCUT2D eigenvalue weighted by atomic mass is 10.1. The van der Waals surface area contributed by atoms with E-state index in [1.165, 1.54) is 21.3 Å². The van der Waals surface area contributed by atoms with Crippen LogP contribution in [0.2, 0.25) is 0 Å². The highest BCUT2D eigenvalue weighted by Gasteiger charge is 2.26. The number of hydrogen-bond acceptors (Lipinski definition) is 3. The summed E-state index contributed by atoms with van der Waals surface area (Å²) >= 11 is 3.42. The van der Waals surface area contributed by atoms with E-state index in [1.807, 2.05) is 48.5 Å². The molecule has 132 valence electrons. The van der Waals surface area contributed by atoms with E-state index in [2.05, 4.69) is 28.8 Å². The van der Waals surface area contributed by atoms with Crippen molar-refractivity contribution in [3.05, 3.63) is 101 Å². The van der Waals surface area contributed by atoms with Crippen LogP contribution < -0.4 is 0 Å². The Morgan fingerprint density at radius 2 is 1.63 bits per heavy atom. The SMILES string of the molecule is Fc1ccc(C2C=C(Sc3ccccc3)Sc3nc4ccccc4n32)cc1. The number of imidazole rings is 1. The lowest BCUT2D eigenvalue weighted by Crippen LogP contribution is -2.13. The van der Waals surface area contributed by atoms with Gasteiger partial charge in [0, 0.05) is 4.90 Å². The van der Waals surface area contributed by atoms with Crippen LogP contribution in [-0.2, 0) is 0 Å². The molecule has 0 bridgehead atoms. The molecular formula is C22H15FN2S2. The second-order valence-corrected chi connectivity index (χ2v) is 8.64. The first-order valence-electron chi connectivity index (χ1n) is 8.63. The molecule has 0 amide bonds. The van der Waals surface area contributed by atoms with Crippen LogP contribution in [0.3, 0.4) is 0 Å². The van der Waals surface area contributed by atoms with Gasteiger partial charge in [-0.3, -0.25) is 0 Å². The molecule has 1 aliphatic rings. The fourth-order valence-electron chi connectivity index (χ4n) is 3.26. The van der Waals surface area contributed by atoms with Crippen molar-refractivity contribution in [2.24, 2.45) is 0 Å². The molecule has 1 aromatic heterocycles. The van der Waals surface area contributed by atoms with Crippen LogP contribution in [0.4, 0.5) is 4.39 Å². The van der Waals surface area contributed by atoms with Gasteiger partial charge in [-0.2, -0.15) is 0 Å². The second kappa shape index (κ2) is 6.91. The molecule has 27 heavy (non-hydrogen) atoms. The minimum atomic E-state index is -0.220. The largest absolute Gasteiger partial charge is 0.307 e. The van der Waals surface area contributed by atoms with Crippen LogP contribution in [0.5, 0.6) is 0 Å². The molecule has 0 radical (unpaired) electrons. The summed E-state index contributed by atoms with van der Waals surface area (Å²) in [5.41, 5.74) is 3.12. The molecule has 1 atom stereocenters. The monoisotopic (exact) mass is 390 g/mol. The summed E-state index contributed by atoms with van der Waals surface area (Å²) in [6.07, 6.45) is 2.25. The van der Waals surface area contributed by atoms with Crippen LogP contribution in [0, 0.1) is 5.82 Å². The van der Waals surface area contributed by atoms with E-state index in [0.717, 1.165) is 21.8 Å². The summed E-state index contributed by atoms with van der Waals surface area (Å²) in [6.45, 7) is 0. The highest BCUT2D eigenvalue weighted by molar-refractivity contribution is 8.22. The number of thioether (sulfide) groups is 2. The lowest BCUT2D eigenvalue weighted by molar-refractivity contribution is 0.619. The normalized spacial score (nSPS) is 16.2. The van der Waals surface area contributed by atoms with Crippen molar-refractivity contribution in [2.45, 2.75) is 16.1 Å². The van der Waals surface area contributed by atoms with Gasteiger partial charge in [0.25, 0.3) is 0 Å². The Morgan fingerprint density at radius 1 is 0.889 bits per heavy atom. The second-order valence-electron chi connectivity index (χ2n) is 6.25. The first kappa shape index (κ1) is 16.7.